The summed E-state index contributed by atoms with van der Waals surface area (Å²) in [6.45, 7) is 1.70. The number of carbonyl (C=O) groups excluding carboxylic acids is 1. The Hall–Kier alpha value is -0.920. The van der Waals surface area contributed by atoms with Gasteiger partial charge in [-0.05, 0) is 6.92 Å². The van der Waals surface area contributed by atoms with Crippen molar-refractivity contribution in [2.75, 3.05) is 0 Å². The molecule has 0 aliphatic rings. The molecule has 1 aromatic heterocycles. The van der Waals surface area contributed by atoms with Crippen LogP contribution in [-0.2, 0) is 6.54 Å². The van der Waals surface area contributed by atoms with E-state index in [1.807, 2.05) is 0 Å². The summed E-state index contributed by atoms with van der Waals surface area (Å²) in [7, 11) is 0. The molecule has 0 aliphatic heterocycles. The van der Waals surface area contributed by atoms with Crippen molar-refractivity contribution in [3.8, 4) is 0 Å². The number of hydrogen-bond donors (Lipinski definition) is 2. The molecule has 0 bridgehead atoms. The Morgan fingerprint density at radius 2 is 2.36 bits per heavy atom. The van der Waals surface area contributed by atoms with Crippen molar-refractivity contribution in [1.82, 2.24) is 10.3 Å². The van der Waals surface area contributed by atoms with E-state index >= 15 is 0 Å². The molecular weight excluding hydrogens is 302 g/mol. The molecule has 1 amide bonds. The van der Waals surface area contributed by atoms with Crippen molar-refractivity contribution in [3.63, 3.8) is 0 Å². The highest BCUT2D eigenvalue weighted by atomic mass is 127. The Kier molecular flexibility index (Phi) is 3.62. The lowest BCUT2D eigenvalue weighted by molar-refractivity contribution is 0.262. The fourth-order valence-corrected chi connectivity index (χ4v) is 1.25. The van der Waals surface area contributed by atoms with Crippen LogP contribution in [0.25, 0.3) is 0 Å². The predicted molar refractivity (Wildman–Crippen MR) is 58.0 cm³/mol. The van der Waals surface area contributed by atoms with Gasteiger partial charge in [-0.25, -0.2) is 0 Å². The fourth-order valence-electron chi connectivity index (χ4n) is 1.06. The van der Waals surface area contributed by atoms with Crippen LogP contribution in [0.4, 0.5) is 9.18 Å². The average molecular weight is 310 g/mol. The first-order valence-corrected chi connectivity index (χ1v) is 4.90. The van der Waals surface area contributed by atoms with Gasteiger partial charge in [0.05, 0.1) is 0 Å². The van der Waals surface area contributed by atoms with Crippen molar-refractivity contribution >= 4 is 26.5 Å². The molecule has 76 valence electrons. The minimum Gasteiger partial charge on any atom is -0.343 e. The maximum Gasteiger partial charge on any atom is 0.280 e. The van der Waals surface area contributed by atoms with E-state index in [4.69, 9.17) is 0 Å². The molecule has 0 aliphatic carbocycles. The van der Waals surface area contributed by atoms with Crippen molar-refractivity contribution in [3.05, 3.63) is 33.5 Å². The van der Waals surface area contributed by atoms with Gasteiger partial charge in [0.1, 0.15) is 0 Å². The molecule has 1 aromatic rings. The smallest absolute Gasteiger partial charge is 0.280 e. The topological polar surface area (TPSA) is 62.0 Å². The first kappa shape index (κ1) is 11.2. The van der Waals surface area contributed by atoms with Gasteiger partial charge in [0.2, 0.25) is 0 Å². The summed E-state index contributed by atoms with van der Waals surface area (Å²) in [6.07, 6.45) is 0. The van der Waals surface area contributed by atoms with Crippen LogP contribution in [0.15, 0.2) is 10.9 Å². The summed E-state index contributed by atoms with van der Waals surface area (Å²) in [5.41, 5.74) is 0.389. The van der Waals surface area contributed by atoms with E-state index in [9.17, 15) is 14.0 Å². The van der Waals surface area contributed by atoms with Crippen molar-refractivity contribution < 1.29 is 9.18 Å². The number of rotatable bonds is 2. The SMILES string of the molecule is Cc1[nH]c(F)cc(=O)c1CNC(=O)I. The number of aromatic nitrogens is 1. The Balaban J connectivity index is 2.97. The fraction of sp³-hybridized carbons (Fsp3) is 0.250. The predicted octanol–water partition coefficient (Wildman–Crippen LogP) is 1.47. The van der Waals surface area contributed by atoms with Gasteiger partial charge in [0, 0.05) is 46.5 Å². The van der Waals surface area contributed by atoms with Crippen molar-refractivity contribution in [1.29, 1.82) is 0 Å². The summed E-state index contributed by atoms with van der Waals surface area (Å²) in [6, 6.07) is 0.863. The van der Waals surface area contributed by atoms with E-state index in [-0.39, 0.29) is 10.5 Å². The maximum absolute atomic E-state index is 12.7. The first-order chi connectivity index (χ1) is 6.50. The number of carbonyl (C=O) groups is 1. The van der Waals surface area contributed by atoms with Gasteiger partial charge in [-0.1, -0.05) is 0 Å². The maximum atomic E-state index is 12.7. The van der Waals surface area contributed by atoms with Crippen LogP contribution in [0, 0.1) is 12.9 Å². The van der Waals surface area contributed by atoms with Gasteiger partial charge in [-0.15, -0.1) is 0 Å². The quantitative estimate of drug-likeness (QED) is 0.376. The molecular formula is C8H8FIN2O2. The molecule has 0 saturated carbocycles. The monoisotopic (exact) mass is 310 g/mol. The lowest BCUT2D eigenvalue weighted by Crippen LogP contribution is -2.23. The molecule has 4 nitrogen and oxygen atoms in total. The number of aromatic amines is 1. The third-order valence-electron chi connectivity index (χ3n) is 1.72. The van der Waals surface area contributed by atoms with Crippen LogP contribution in [0.1, 0.15) is 11.3 Å². The van der Waals surface area contributed by atoms with Crippen LogP contribution in [0.3, 0.4) is 0 Å². The number of halogens is 2. The lowest BCUT2D eigenvalue weighted by atomic mass is 10.2. The second-order valence-corrected chi connectivity index (χ2v) is 3.69. The van der Waals surface area contributed by atoms with E-state index in [2.05, 4.69) is 10.3 Å². The number of amides is 1. The molecule has 6 heteroatoms. The second-order valence-electron chi connectivity index (χ2n) is 2.71. The lowest BCUT2D eigenvalue weighted by Gasteiger charge is -2.04. The summed E-state index contributed by atoms with van der Waals surface area (Å²) in [5.74, 6) is -0.669. The van der Waals surface area contributed by atoms with Crippen LogP contribution < -0.4 is 10.7 Å². The highest BCUT2D eigenvalue weighted by Gasteiger charge is 2.06. The molecule has 14 heavy (non-hydrogen) atoms. The molecule has 0 radical (unpaired) electrons. The van der Waals surface area contributed by atoms with Gasteiger partial charge in [-0.3, -0.25) is 9.59 Å². The van der Waals surface area contributed by atoms with Crippen LogP contribution in [-0.4, -0.2) is 8.90 Å². The highest BCUT2D eigenvalue weighted by Crippen LogP contribution is 2.00. The summed E-state index contributed by atoms with van der Waals surface area (Å²) in [5, 5.41) is 2.47. The number of nitrogens with one attached hydrogen (secondary N) is 2. The number of aryl methyl sites for hydroxylation is 1. The first-order valence-electron chi connectivity index (χ1n) is 3.82. The molecule has 1 rings (SSSR count). The Morgan fingerprint density at radius 1 is 1.71 bits per heavy atom. The molecule has 0 unspecified atom stereocenters. The van der Waals surface area contributed by atoms with Crippen LogP contribution in [0.5, 0.6) is 0 Å². The van der Waals surface area contributed by atoms with E-state index in [1.54, 1.807) is 29.5 Å². The normalized spacial score (nSPS) is 9.93. The van der Waals surface area contributed by atoms with Gasteiger partial charge >= 0.3 is 0 Å². The molecule has 1 heterocycles. The standard InChI is InChI=1S/C8H8FIN2O2/c1-4-5(3-11-8(10)14)6(13)2-7(9)12-4/h2H,3H2,1H3,(H,11,14)(H,12,13). The zero-order chi connectivity index (χ0) is 10.7. The van der Waals surface area contributed by atoms with E-state index < -0.39 is 11.4 Å². The van der Waals surface area contributed by atoms with Gasteiger partial charge in [0.15, 0.2) is 11.4 Å². The molecule has 0 saturated heterocycles. The molecule has 2 N–H and O–H groups in total. The van der Waals surface area contributed by atoms with Crippen molar-refractivity contribution in [2.45, 2.75) is 13.5 Å². The number of hydrogen-bond acceptors (Lipinski definition) is 2. The van der Waals surface area contributed by atoms with Gasteiger partial charge in [-0.2, -0.15) is 4.39 Å². The van der Waals surface area contributed by atoms with Crippen molar-refractivity contribution in [2.24, 2.45) is 0 Å². The highest BCUT2D eigenvalue weighted by molar-refractivity contribution is 14.1. The van der Waals surface area contributed by atoms with Crippen LogP contribution in [0.2, 0.25) is 0 Å². The van der Waals surface area contributed by atoms with E-state index in [0.29, 0.717) is 11.3 Å². The Morgan fingerprint density at radius 3 is 2.86 bits per heavy atom. The zero-order valence-electron chi connectivity index (χ0n) is 7.36. The third-order valence-corrected chi connectivity index (χ3v) is 2.10. The third kappa shape index (κ3) is 2.79. The number of H-pyrrole nitrogens is 1. The molecule has 0 aromatic carbocycles. The summed E-state index contributed by atoms with van der Waals surface area (Å²) >= 11 is 1.56. The van der Waals surface area contributed by atoms with E-state index in [0.717, 1.165) is 6.07 Å². The summed E-state index contributed by atoms with van der Waals surface area (Å²) < 4.78 is 12.4. The summed E-state index contributed by atoms with van der Waals surface area (Å²) in [4.78, 5) is 24.2. The van der Waals surface area contributed by atoms with E-state index in [1.165, 1.54) is 0 Å². The van der Waals surface area contributed by atoms with Gasteiger partial charge in [0.25, 0.3) is 3.91 Å². The minimum atomic E-state index is -0.669. The largest absolute Gasteiger partial charge is 0.343 e. The molecule has 0 fully saturated rings. The second kappa shape index (κ2) is 4.54. The average Bonchev–Trinajstić information content (AvgIpc) is 2.01. The Labute approximate surface area is 93.0 Å². The Bertz CT molecular complexity index is 416. The zero-order valence-corrected chi connectivity index (χ0v) is 9.51. The van der Waals surface area contributed by atoms with Gasteiger partial charge < -0.3 is 10.3 Å². The minimum absolute atomic E-state index is 0.114. The number of pyridine rings is 1. The molecule has 0 spiro atoms. The molecule has 0 atom stereocenters. The van der Waals surface area contributed by atoms with Crippen LogP contribution >= 0.6 is 22.6 Å².